The average Bonchev–Trinajstić information content (AvgIpc) is 3.42. The number of pyridine rings is 1. The zero-order valence-corrected chi connectivity index (χ0v) is 19.6. The van der Waals surface area contributed by atoms with Crippen molar-refractivity contribution < 1.29 is 4.79 Å². The number of hydrogen-bond acceptors (Lipinski definition) is 3. The second-order valence-electron chi connectivity index (χ2n) is 9.35. The number of imidazole rings is 1. The number of carbonyl (C=O) groups excluding carboxylic acids is 1. The molecule has 170 valence electrons. The number of hydrogen-bond donors (Lipinski definition) is 1. The maximum atomic E-state index is 13.4. The Bertz CT molecular complexity index is 1270. The largest absolute Gasteiger partial charge is 0.358 e. The highest BCUT2D eigenvalue weighted by Gasteiger charge is 2.30. The average molecular weight is 442 g/mol. The summed E-state index contributed by atoms with van der Waals surface area (Å²) in [5.41, 5.74) is 6.04. The van der Waals surface area contributed by atoms with Crippen molar-refractivity contribution in [2.24, 2.45) is 5.92 Å². The fourth-order valence-corrected chi connectivity index (χ4v) is 5.16. The molecular weight excluding hydrogens is 410 g/mol. The van der Waals surface area contributed by atoms with Gasteiger partial charge in [0, 0.05) is 72.5 Å². The number of nitrogens with one attached hydrogen (secondary N) is 1. The van der Waals surface area contributed by atoms with Crippen LogP contribution in [0, 0.1) is 19.8 Å². The SMILES string of the molecule is Cc1ccc2[nH]c([C@@H]3CCCN(C(=O)[C@@H](C)Cn4ccnc4C)C3)c(-c3ccncc3)c2c1. The molecule has 0 unspecified atom stereocenters. The predicted octanol–water partition coefficient (Wildman–Crippen LogP) is 5.09. The van der Waals surface area contributed by atoms with Crippen LogP contribution in [-0.4, -0.2) is 43.4 Å². The quantitative estimate of drug-likeness (QED) is 0.469. The van der Waals surface area contributed by atoms with Gasteiger partial charge in [0.25, 0.3) is 0 Å². The van der Waals surface area contributed by atoms with Crippen LogP contribution in [0.2, 0.25) is 0 Å². The Hall–Kier alpha value is -3.41. The lowest BCUT2D eigenvalue weighted by atomic mass is 9.89. The fraction of sp³-hybridized carbons (Fsp3) is 0.370. The summed E-state index contributed by atoms with van der Waals surface area (Å²) in [6.45, 7) is 8.38. The van der Waals surface area contributed by atoms with E-state index in [-0.39, 0.29) is 17.7 Å². The number of amides is 1. The van der Waals surface area contributed by atoms with Crippen molar-refractivity contribution in [3.8, 4) is 11.1 Å². The maximum Gasteiger partial charge on any atom is 0.227 e. The minimum Gasteiger partial charge on any atom is -0.358 e. The summed E-state index contributed by atoms with van der Waals surface area (Å²) < 4.78 is 2.06. The van der Waals surface area contributed by atoms with Crippen molar-refractivity contribution in [3.63, 3.8) is 0 Å². The lowest BCUT2D eigenvalue weighted by Crippen LogP contribution is -2.42. The van der Waals surface area contributed by atoms with Crippen LogP contribution in [0.5, 0.6) is 0 Å². The molecule has 1 amide bonds. The molecule has 5 rings (SSSR count). The number of H-pyrrole nitrogens is 1. The molecule has 2 atom stereocenters. The third-order valence-corrected chi connectivity index (χ3v) is 6.91. The van der Waals surface area contributed by atoms with Gasteiger partial charge in [-0.05, 0) is 56.5 Å². The van der Waals surface area contributed by atoms with E-state index in [2.05, 4.69) is 61.7 Å². The molecule has 1 saturated heterocycles. The molecule has 0 bridgehead atoms. The van der Waals surface area contributed by atoms with Crippen molar-refractivity contribution in [2.45, 2.75) is 46.1 Å². The van der Waals surface area contributed by atoms with E-state index in [0.717, 1.165) is 37.3 Å². The predicted molar refractivity (Wildman–Crippen MR) is 131 cm³/mol. The molecule has 0 spiro atoms. The van der Waals surface area contributed by atoms with Crippen LogP contribution in [0.25, 0.3) is 22.0 Å². The summed E-state index contributed by atoms with van der Waals surface area (Å²) in [7, 11) is 0. The topological polar surface area (TPSA) is 66.8 Å². The van der Waals surface area contributed by atoms with Gasteiger partial charge in [-0.25, -0.2) is 4.98 Å². The molecule has 6 heteroatoms. The van der Waals surface area contributed by atoms with E-state index in [4.69, 9.17) is 0 Å². The molecule has 1 fully saturated rings. The van der Waals surface area contributed by atoms with Gasteiger partial charge in [-0.3, -0.25) is 9.78 Å². The maximum absolute atomic E-state index is 13.4. The molecule has 6 nitrogen and oxygen atoms in total. The number of likely N-dealkylation sites (tertiary alicyclic amines) is 1. The molecule has 3 aromatic heterocycles. The number of carbonyl (C=O) groups is 1. The van der Waals surface area contributed by atoms with Gasteiger partial charge in [-0.15, -0.1) is 0 Å². The number of aryl methyl sites for hydroxylation is 2. The summed E-state index contributed by atoms with van der Waals surface area (Å²) in [5.74, 6) is 1.37. The van der Waals surface area contributed by atoms with Gasteiger partial charge in [0.05, 0.1) is 5.92 Å². The third kappa shape index (κ3) is 4.17. The van der Waals surface area contributed by atoms with Crippen LogP contribution < -0.4 is 0 Å². The molecule has 4 heterocycles. The Morgan fingerprint density at radius 3 is 2.76 bits per heavy atom. The second-order valence-corrected chi connectivity index (χ2v) is 9.35. The summed E-state index contributed by atoms with van der Waals surface area (Å²) in [5, 5.41) is 1.24. The number of fused-ring (bicyclic) bond motifs is 1. The molecule has 1 aromatic carbocycles. The molecule has 1 aliphatic rings. The van der Waals surface area contributed by atoms with E-state index in [1.54, 1.807) is 6.20 Å². The van der Waals surface area contributed by atoms with Gasteiger partial charge >= 0.3 is 0 Å². The molecule has 4 aromatic rings. The number of piperidine rings is 1. The number of aromatic nitrogens is 4. The van der Waals surface area contributed by atoms with Crippen molar-refractivity contribution in [1.29, 1.82) is 0 Å². The van der Waals surface area contributed by atoms with Crippen molar-refractivity contribution in [3.05, 3.63) is 72.2 Å². The molecular formula is C27H31N5O. The van der Waals surface area contributed by atoms with E-state index in [1.165, 1.54) is 27.8 Å². The fourth-order valence-electron chi connectivity index (χ4n) is 5.16. The van der Waals surface area contributed by atoms with Crippen LogP contribution in [0.1, 0.15) is 42.8 Å². The van der Waals surface area contributed by atoms with Crippen LogP contribution in [0.3, 0.4) is 0 Å². The monoisotopic (exact) mass is 441 g/mol. The van der Waals surface area contributed by atoms with E-state index in [9.17, 15) is 4.79 Å². The van der Waals surface area contributed by atoms with Gasteiger partial charge in [-0.1, -0.05) is 18.6 Å². The summed E-state index contributed by atoms with van der Waals surface area (Å²) >= 11 is 0. The van der Waals surface area contributed by atoms with E-state index in [0.29, 0.717) is 6.54 Å². The molecule has 0 saturated carbocycles. The molecule has 1 aliphatic heterocycles. The highest BCUT2D eigenvalue weighted by molar-refractivity contribution is 5.98. The Balaban J connectivity index is 1.44. The van der Waals surface area contributed by atoms with Crippen LogP contribution in [0.4, 0.5) is 0 Å². The second kappa shape index (κ2) is 8.85. The highest BCUT2D eigenvalue weighted by atomic mass is 16.2. The number of nitrogens with zero attached hydrogens (tertiary/aromatic N) is 4. The van der Waals surface area contributed by atoms with E-state index >= 15 is 0 Å². The first-order chi connectivity index (χ1) is 16.0. The number of rotatable bonds is 5. The van der Waals surface area contributed by atoms with Gasteiger partial charge in [-0.2, -0.15) is 0 Å². The van der Waals surface area contributed by atoms with Gasteiger partial charge in [0.1, 0.15) is 5.82 Å². The Morgan fingerprint density at radius 2 is 2.00 bits per heavy atom. The zero-order chi connectivity index (χ0) is 22.9. The Kier molecular flexibility index (Phi) is 5.75. The molecule has 0 radical (unpaired) electrons. The van der Waals surface area contributed by atoms with E-state index < -0.39 is 0 Å². The first kappa shape index (κ1) is 21.4. The first-order valence-corrected chi connectivity index (χ1v) is 11.8. The van der Waals surface area contributed by atoms with Crippen molar-refractivity contribution in [1.82, 2.24) is 24.4 Å². The highest BCUT2D eigenvalue weighted by Crippen LogP contribution is 2.39. The van der Waals surface area contributed by atoms with Crippen molar-refractivity contribution in [2.75, 3.05) is 13.1 Å². The van der Waals surface area contributed by atoms with Crippen molar-refractivity contribution >= 4 is 16.8 Å². The lowest BCUT2D eigenvalue weighted by molar-refractivity contribution is -0.136. The Morgan fingerprint density at radius 1 is 1.18 bits per heavy atom. The third-order valence-electron chi connectivity index (χ3n) is 6.91. The molecule has 1 N–H and O–H groups in total. The first-order valence-electron chi connectivity index (χ1n) is 11.8. The molecule has 0 aliphatic carbocycles. The van der Waals surface area contributed by atoms with Crippen LogP contribution in [0.15, 0.2) is 55.1 Å². The summed E-state index contributed by atoms with van der Waals surface area (Å²) in [6, 6.07) is 10.7. The molecule has 33 heavy (non-hydrogen) atoms. The number of benzene rings is 1. The van der Waals surface area contributed by atoms with Gasteiger partial charge < -0.3 is 14.5 Å². The minimum atomic E-state index is -0.0818. The number of aromatic amines is 1. The van der Waals surface area contributed by atoms with Crippen LogP contribution >= 0.6 is 0 Å². The zero-order valence-electron chi connectivity index (χ0n) is 19.6. The standard InChI is InChI=1S/C27H31N5O/c1-18-6-7-24-23(15-18)25(21-8-10-28-11-9-21)26(30-24)22-5-4-13-32(17-22)27(33)19(2)16-31-14-12-29-20(31)3/h6-12,14-15,19,22,30H,4-5,13,16-17H2,1-3H3/t19-,22+/m0/s1. The minimum absolute atomic E-state index is 0.0818. The van der Waals surface area contributed by atoms with Gasteiger partial charge in [0.15, 0.2) is 0 Å². The van der Waals surface area contributed by atoms with E-state index in [1.807, 2.05) is 32.4 Å². The summed E-state index contributed by atoms with van der Waals surface area (Å²) in [6.07, 6.45) is 9.53. The summed E-state index contributed by atoms with van der Waals surface area (Å²) in [4.78, 5) is 27.7. The normalized spacial score (nSPS) is 17.4. The lowest BCUT2D eigenvalue weighted by Gasteiger charge is -2.34. The van der Waals surface area contributed by atoms with Gasteiger partial charge in [0.2, 0.25) is 5.91 Å². The smallest absolute Gasteiger partial charge is 0.227 e. The van der Waals surface area contributed by atoms with Crippen LogP contribution in [-0.2, 0) is 11.3 Å². The Labute approximate surface area is 194 Å².